The van der Waals surface area contributed by atoms with E-state index in [0.29, 0.717) is 18.7 Å². The van der Waals surface area contributed by atoms with Crippen LogP contribution >= 0.6 is 0 Å². The van der Waals surface area contributed by atoms with E-state index in [-0.39, 0.29) is 18.1 Å². The first kappa shape index (κ1) is 15.3. The van der Waals surface area contributed by atoms with Crippen LogP contribution < -0.4 is 5.63 Å². The second-order valence-corrected chi connectivity index (χ2v) is 5.07. The second kappa shape index (κ2) is 6.54. The number of nitrogens with zero attached hydrogens (tertiary/aromatic N) is 1. The molecule has 112 valence electrons. The zero-order chi connectivity index (χ0) is 15.4. The Kier molecular flexibility index (Phi) is 4.75. The lowest BCUT2D eigenvalue weighted by Gasteiger charge is -2.16. The summed E-state index contributed by atoms with van der Waals surface area (Å²) in [5.74, 6) is -0.275. The summed E-state index contributed by atoms with van der Waals surface area (Å²) in [7, 11) is 1.81. The van der Waals surface area contributed by atoms with Crippen LogP contribution in [0, 0.1) is 6.92 Å². The Bertz CT molecular complexity index is 705. The molecule has 2 rings (SSSR count). The number of fused-ring (bicyclic) bond motifs is 1. The molecule has 0 spiro atoms. The minimum Gasteiger partial charge on any atom is -0.465 e. The van der Waals surface area contributed by atoms with Crippen molar-refractivity contribution in [2.45, 2.75) is 20.4 Å². The van der Waals surface area contributed by atoms with E-state index in [9.17, 15) is 9.59 Å². The highest BCUT2D eigenvalue weighted by Gasteiger charge is 2.11. The molecule has 0 fully saturated rings. The molecule has 1 heterocycles. The Morgan fingerprint density at radius 3 is 2.81 bits per heavy atom. The van der Waals surface area contributed by atoms with Gasteiger partial charge in [0.1, 0.15) is 5.58 Å². The summed E-state index contributed by atoms with van der Waals surface area (Å²) in [6.07, 6.45) is 0. The van der Waals surface area contributed by atoms with Crippen molar-refractivity contribution >= 4 is 16.9 Å². The number of rotatable bonds is 5. The van der Waals surface area contributed by atoms with Gasteiger partial charge in [0, 0.05) is 18.0 Å². The summed E-state index contributed by atoms with van der Waals surface area (Å²) in [5, 5.41) is 0.885. The minimum atomic E-state index is -0.382. The van der Waals surface area contributed by atoms with Gasteiger partial charge >= 0.3 is 11.6 Å². The zero-order valence-corrected chi connectivity index (χ0v) is 12.5. The van der Waals surface area contributed by atoms with Gasteiger partial charge in [-0.1, -0.05) is 12.1 Å². The maximum atomic E-state index is 11.6. The fourth-order valence-corrected chi connectivity index (χ4v) is 2.24. The van der Waals surface area contributed by atoms with E-state index in [2.05, 4.69) is 0 Å². The maximum absolute atomic E-state index is 11.6. The smallest absolute Gasteiger partial charge is 0.336 e. The maximum Gasteiger partial charge on any atom is 0.336 e. The molecule has 5 nitrogen and oxygen atoms in total. The fraction of sp³-hybridized carbons (Fsp3) is 0.375. The molecule has 0 aliphatic carbocycles. The predicted molar refractivity (Wildman–Crippen MR) is 80.2 cm³/mol. The molecule has 0 radical (unpaired) electrons. The van der Waals surface area contributed by atoms with E-state index in [4.69, 9.17) is 9.15 Å². The van der Waals surface area contributed by atoms with Crippen molar-refractivity contribution < 1.29 is 13.9 Å². The van der Waals surface area contributed by atoms with Gasteiger partial charge in [0.05, 0.1) is 13.2 Å². The van der Waals surface area contributed by atoms with Gasteiger partial charge in [-0.15, -0.1) is 0 Å². The molecule has 2 aromatic rings. The SMILES string of the molecule is CCOC(=O)CN(C)Cc1cc(=O)oc2cc(C)ccc12. The predicted octanol–water partition coefficient (Wildman–Crippen LogP) is 2.10. The van der Waals surface area contributed by atoms with Crippen molar-refractivity contribution in [1.82, 2.24) is 4.90 Å². The first-order chi connectivity index (χ1) is 9.99. The fourth-order valence-electron chi connectivity index (χ4n) is 2.24. The number of benzene rings is 1. The van der Waals surface area contributed by atoms with E-state index < -0.39 is 0 Å². The molecule has 5 heteroatoms. The summed E-state index contributed by atoms with van der Waals surface area (Å²) < 4.78 is 10.1. The molecule has 0 unspecified atom stereocenters. The van der Waals surface area contributed by atoms with Crippen molar-refractivity contribution in [3.05, 3.63) is 45.8 Å². The summed E-state index contributed by atoms with van der Waals surface area (Å²) in [6, 6.07) is 7.21. The highest BCUT2D eigenvalue weighted by molar-refractivity contribution is 5.80. The van der Waals surface area contributed by atoms with Gasteiger partial charge < -0.3 is 9.15 Å². The Morgan fingerprint density at radius 2 is 2.10 bits per heavy atom. The Labute approximate surface area is 123 Å². The van der Waals surface area contributed by atoms with Crippen molar-refractivity contribution in [3.8, 4) is 0 Å². The van der Waals surface area contributed by atoms with Gasteiger partial charge in [-0.25, -0.2) is 4.79 Å². The van der Waals surface area contributed by atoms with Crippen LogP contribution in [0.3, 0.4) is 0 Å². The highest BCUT2D eigenvalue weighted by atomic mass is 16.5. The third-order valence-electron chi connectivity index (χ3n) is 3.13. The van der Waals surface area contributed by atoms with Crippen molar-refractivity contribution in [1.29, 1.82) is 0 Å². The van der Waals surface area contributed by atoms with Gasteiger partial charge in [0.15, 0.2) is 0 Å². The molecular formula is C16H19NO4. The lowest BCUT2D eigenvalue weighted by Crippen LogP contribution is -2.27. The zero-order valence-electron chi connectivity index (χ0n) is 12.5. The van der Waals surface area contributed by atoms with Crippen LogP contribution in [0.5, 0.6) is 0 Å². The second-order valence-electron chi connectivity index (χ2n) is 5.07. The number of esters is 1. The average molecular weight is 289 g/mol. The molecule has 0 aliphatic rings. The number of carbonyl (C=O) groups is 1. The molecule has 21 heavy (non-hydrogen) atoms. The largest absolute Gasteiger partial charge is 0.465 e. The summed E-state index contributed by atoms with van der Waals surface area (Å²) >= 11 is 0. The molecular weight excluding hydrogens is 270 g/mol. The molecule has 0 aliphatic heterocycles. The lowest BCUT2D eigenvalue weighted by atomic mass is 10.1. The normalized spacial score (nSPS) is 11.0. The van der Waals surface area contributed by atoms with Gasteiger partial charge in [0.25, 0.3) is 0 Å². The van der Waals surface area contributed by atoms with Gasteiger partial charge in [-0.2, -0.15) is 0 Å². The summed E-state index contributed by atoms with van der Waals surface area (Å²) in [5.41, 5.74) is 2.06. The van der Waals surface area contributed by atoms with Crippen LogP contribution in [-0.4, -0.2) is 31.1 Å². The first-order valence-corrected chi connectivity index (χ1v) is 6.87. The molecule has 0 saturated carbocycles. The van der Waals surface area contributed by atoms with Crippen LogP contribution in [0.2, 0.25) is 0 Å². The molecule has 1 aromatic carbocycles. The van der Waals surface area contributed by atoms with E-state index >= 15 is 0 Å². The molecule has 0 bridgehead atoms. The minimum absolute atomic E-state index is 0.182. The Morgan fingerprint density at radius 1 is 1.33 bits per heavy atom. The Balaban J connectivity index is 2.25. The van der Waals surface area contributed by atoms with E-state index in [1.54, 1.807) is 6.92 Å². The van der Waals surface area contributed by atoms with Crippen LogP contribution in [0.1, 0.15) is 18.1 Å². The van der Waals surface area contributed by atoms with Crippen LogP contribution in [0.15, 0.2) is 33.5 Å². The average Bonchev–Trinajstić information content (AvgIpc) is 2.37. The number of carbonyl (C=O) groups excluding carboxylic acids is 1. The number of hydrogen-bond acceptors (Lipinski definition) is 5. The topological polar surface area (TPSA) is 59.8 Å². The van der Waals surface area contributed by atoms with Crippen LogP contribution in [0.4, 0.5) is 0 Å². The first-order valence-electron chi connectivity index (χ1n) is 6.87. The molecule has 0 atom stereocenters. The van der Waals surface area contributed by atoms with E-state index in [1.165, 1.54) is 6.07 Å². The third-order valence-corrected chi connectivity index (χ3v) is 3.13. The number of ether oxygens (including phenoxy) is 1. The summed E-state index contributed by atoms with van der Waals surface area (Å²) in [4.78, 5) is 24.9. The third kappa shape index (κ3) is 3.92. The molecule has 0 N–H and O–H groups in total. The summed E-state index contributed by atoms with van der Waals surface area (Å²) in [6.45, 7) is 4.74. The van der Waals surface area contributed by atoms with Crippen LogP contribution in [-0.2, 0) is 16.1 Å². The molecule has 1 aromatic heterocycles. The highest BCUT2D eigenvalue weighted by Crippen LogP contribution is 2.19. The molecule has 0 amide bonds. The van der Waals surface area contributed by atoms with E-state index in [0.717, 1.165) is 16.5 Å². The van der Waals surface area contributed by atoms with Gasteiger partial charge in [-0.05, 0) is 38.1 Å². The van der Waals surface area contributed by atoms with Crippen molar-refractivity contribution in [2.24, 2.45) is 0 Å². The van der Waals surface area contributed by atoms with Gasteiger partial charge in [0.2, 0.25) is 0 Å². The van der Waals surface area contributed by atoms with E-state index in [1.807, 2.05) is 37.1 Å². The monoisotopic (exact) mass is 289 g/mol. The van der Waals surface area contributed by atoms with Crippen LogP contribution in [0.25, 0.3) is 11.0 Å². The Hall–Kier alpha value is -2.14. The number of likely N-dealkylation sites (N-methyl/N-ethyl adjacent to an activating group) is 1. The standard InChI is InChI=1S/C16H19NO4/c1-4-20-16(19)10-17(3)9-12-8-15(18)21-14-7-11(2)5-6-13(12)14/h5-8H,4,9-10H2,1-3H3. The quantitative estimate of drug-likeness (QED) is 0.623. The van der Waals surface area contributed by atoms with Crippen molar-refractivity contribution in [3.63, 3.8) is 0 Å². The molecule has 0 saturated heterocycles. The lowest BCUT2D eigenvalue weighted by molar-refractivity contribution is -0.144. The van der Waals surface area contributed by atoms with Gasteiger partial charge in [-0.3, -0.25) is 9.69 Å². The van der Waals surface area contributed by atoms with Crippen molar-refractivity contribution in [2.75, 3.05) is 20.2 Å². The number of hydrogen-bond donors (Lipinski definition) is 0. The number of aryl methyl sites for hydroxylation is 1.